The zero-order valence-electron chi connectivity index (χ0n) is 19.2. The summed E-state index contributed by atoms with van der Waals surface area (Å²) in [6.07, 6.45) is 1.37. The van der Waals surface area contributed by atoms with Crippen LogP contribution in [-0.4, -0.2) is 67.0 Å². The van der Waals surface area contributed by atoms with E-state index in [-0.39, 0.29) is 31.0 Å². The smallest absolute Gasteiger partial charge is 0.435 e. The van der Waals surface area contributed by atoms with Crippen LogP contribution in [0.3, 0.4) is 0 Å². The summed E-state index contributed by atoms with van der Waals surface area (Å²) in [4.78, 5) is 36.0. The number of hydrogen-bond donors (Lipinski definition) is 1. The lowest BCUT2D eigenvalue weighted by molar-refractivity contribution is -0.167. The van der Waals surface area contributed by atoms with Gasteiger partial charge in [0.05, 0.1) is 12.5 Å². The van der Waals surface area contributed by atoms with E-state index in [1.165, 1.54) is 6.92 Å². The molecule has 0 aliphatic heterocycles. The molecule has 33 heavy (non-hydrogen) atoms. The van der Waals surface area contributed by atoms with E-state index in [0.29, 0.717) is 17.9 Å². The first-order valence-corrected chi connectivity index (χ1v) is 14.5. The third-order valence-corrected chi connectivity index (χ3v) is 7.42. The SMILES string of the molecule is CCOC(=O)OC(C)OC(=O)CNC(=O)C(CSSCC([NH])CCSC)Cc1ccccc1. The lowest BCUT2D eigenvalue weighted by atomic mass is 10.0. The van der Waals surface area contributed by atoms with Crippen molar-refractivity contribution in [3.63, 3.8) is 0 Å². The molecule has 0 spiro atoms. The predicted molar refractivity (Wildman–Crippen MR) is 135 cm³/mol. The fourth-order valence-corrected chi connectivity index (χ4v) is 5.61. The Balaban J connectivity index is 2.52. The molecule has 1 rings (SSSR count). The van der Waals surface area contributed by atoms with E-state index in [2.05, 4.69) is 10.1 Å². The van der Waals surface area contributed by atoms with Gasteiger partial charge in [-0.25, -0.2) is 4.79 Å². The van der Waals surface area contributed by atoms with Crippen molar-refractivity contribution in [3.05, 3.63) is 35.9 Å². The molecule has 0 fully saturated rings. The highest BCUT2D eigenvalue weighted by molar-refractivity contribution is 8.76. The second kappa shape index (κ2) is 17.9. The maximum atomic E-state index is 12.8. The van der Waals surface area contributed by atoms with E-state index in [1.807, 2.05) is 36.6 Å². The number of hydrogen-bond acceptors (Lipinski definition) is 9. The molecule has 1 amide bonds. The van der Waals surface area contributed by atoms with Gasteiger partial charge in [0.25, 0.3) is 0 Å². The summed E-state index contributed by atoms with van der Waals surface area (Å²) in [6.45, 7) is 2.84. The Hall–Kier alpha value is -1.56. The molecule has 0 aromatic heterocycles. The minimum absolute atomic E-state index is 0.120. The van der Waals surface area contributed by atoms with Crippen LogP contribution in [-0.2, 0) is 30.2 Å². The number of carbonyl (C=O) groups excluding carboxylic acids is 3. The summed E-state index contributed by atoms with van der Waals surface area (Å²) in [5.41, 5.74) is 9.07. The van der Waals surface area contributed by atoms with Gasteiger partial charge >= 0.3 is 12.1 Å². The van der Waals surface area contributed by atoms with Crippen LogP contribution in [0.1, 0.15) is 25.8 Å². The Morgan fingerprint density at radius 3 is 2.45 bits per heavy atom. The molecule has 0 saturated heterocycles. The molecular formula is C22H33N2O6S3. The van der Waals surface area contributed by atoms with E-state index >= 15 is 0 Å². The number of benzene rings is 1. The Morgan fingerprint density at radius 1 is 1.09 bits per heavy atom. The first-order valence-electron chi connectivity index (χ1n) is 10.6. The first kappa shape index (κ1) is 29.5. The molecule has 0 bridgehead atoms. The van der Waals surface area contributed by atoms with Crippen LogP contribution in [0.15, 0.2) is 30.3 Å². The topological polar surface area (TPSA) is 115 Å². The lowest BCUT2D eigenvalue weighted by Gasteiger charge is -2.18. The molecule has 0 aliphatic rings. The van der Waals surface area contributed by atoms with E-state index in [4.69, 9.17) is 15.2 Å². The zero-order chi connectivity index (χ0) is 24.5. The molecular weight excluding hydrogens is 484 g/mol. The van der Waals surface area contributed by atoms with Crippen molar-refractivity contribution in [3.8, 4) is 0 Å². The van der Waals surface area contributed by atoms with E-state index in [1.54, 1.807) is 40.3 Å². The third kappa shape index (κ3) is 14.3. The highest BCUT2D eigenvalue weighted by Crippen LogP contribution is 2.27. The van der Waals surface area contributed by atoms with Crippen LogP contribution >= 0.6 is 33.3 Å². The molecule has 1 radical (unpaired) electrons. The minimum Gasteiger partial charge on any atom is -0.435 e. The van der Waals surface area contributed by atoms with Gasteiger partial charge in [0, 0.05) is 24.5 Å². The molecule has 3 unspecified atom stereocenters. The number of esters is 1. The highest BCUT2D eigenvalue weighted by atomic mass is 33.1. The summed E-state index contributed by atoms with van der Waals surface area (Å²) in [6, 6.07) is 9.56. The van der Waals surface area contributed by atoms with Crippen LogP contribution in [0.25, 0.3) is 0 Å². The number of rotatable bonds is 16. The highest BCUT2D eigenvalue weighted by Gasteiger charge is 2.22. The molecule has 3 atom stereocenters. The van der Waals surface area contributed by atoms with Crippen LogP contribution in [0.4, 0.5) is 4.79 Å². The predicted octanol–water partition coefficient (Wildman–Crippen LogP) is 3.81. The van der Waals surface area contributed by atoms with Crippen molar-refractivity contribution in [1.82, 2.24) is 11.1 Å². The molecule has 0 heterocycles. The number of carbonyl (C=O) groups is 3. The molecule has 2 N–H and O–H groups in total. The fourth-order valence-electron chi connectivity index (χ4n) is 2.57. The molecule has 0 saturated carbocycles. The molecule has 1 aromatic rings. The summed E-state index contributed by atoms with van der Waals surface area (Å²) in [7, 11) is 3.17. The molecule has 0 aliphatic carbocycles. The van der Waals surface area contributed by atoms with Crippen molar-refractivity contribution in [2.75, 3.05) is 36.7 Å². The monoisotopic (exact) mass is 517 g/mol. The first-order chi connectivity index (χ1) is 15.8. The van der Waals surface area contributed by atoms with Gasteiger partial charge in [-0.05, 0) is 37.3 Å². The number of nitrogens with one attached hydrogen (secondary N) is 2. The average Bonchev–Trinajstić information content (AvgIpc) is 2.78. The Bertz CT molecular complexity index is 711. The van der Waals surface area contributed by atoms with Gasteiger partial charge in [-0.15, -0.1) is 0 Å². The van der Waals surface area contributed by atoms with Crippen molar-refractivity contribution in [1.29, 1.82) is 0 Å². The van der Waals surface area contributed by atoms with Gasteiger partial charge < -0.3 is 19.5 Å². The molecule has 11 heteroatoms. The maximum absolute atomic E-state index is 12.8. The van der Waals surface area contributed by atoms with Gasteiger partial charge in [0.1, 0.15) is 6.54 Å². The van der Waals surface area contributed by atoms with Crippen molar-refractivity contribution >= 4 is 51.4 Å². The van der Waals surface area contributed by atoms with Crippen LogP contribution in [0, 0.1) is 5.92 Å². The van der Waals surface area contributed by atoms with Gasteiger partial charge in [0.2, 0.25) is 12.2 Å². The lowest BCUT2D eigenvalue weighted by Crippen LogP contribution is -2.38. The summed E-state index contributed by atoms with van der Waals surface area (Å²) in [5.74, 6) is 0.909. The molecule has 1 aromatic carbocycles. The summed E-state index contributed by atoms with van der Waals surface area (Å²) in [5, 5.41) is 2.62. The standard InChI is InChI=1S/C22H33N2O6S3/c1-4-28-22(27)30-16(2)29-20(25)13-24-21(26)18(12-17-8-6-5-7-9-17)14-32-33-15-19(23)10-11-31-3/h5-9,16,18-19,23H,4,10-15H2,1-3H3,(H,24,26). The maximum Gasteiger partial charge on any atom is 0.511 e. The fraction of sp³-hybridized carbons (Fsp3) is 0.591. The van der Waals surface area contributed by atoms with Crippen LogP contribution in [0.5, 0.6) is 0 Å². The number of thioether (sulfide) groups is 1. The summed E-state index contributed by atoms with van der Waals surface area (Å²) >= 11 is 1.74. The third-order valence-electron chi connectivity index (χ3n) is 4.22. The average molecular weight is 518 g/mol. The zero-order valence-corrected chi connectivity index (χ0v) is 21.7. The number of amides is 1. The van der Waals surface area contributed by atoms with Crippen LogP contribution in [0.2, 0.25) is 0 Å². The number of ether oxygens (including phenoxy) is 3. The van der Waals surface area contributed by atoms with Crippen molar-refractivity contribution in [2.45, 2.75) is 39.0 Å². The Morgan fingerprint density at radius 2 is 1.79 bits per heavy atom. The quantitative estimate of drug-likeness (QED) is 0.151. The van der Waals surface area contributed by atoms with Gasteiger partial charge in [-0.2, -0.15) is 11.8 Å². The molecule has 185 valence electrons. The Kier molecular flexibility index (Phi) is 15.9. The van der Waals surface area contributed by atoms with Gasteiger partial charge in [0.15, 0.2) is 0 Å². The Labute approximate surface area is 208 Å². The van der Waals surface area contributed by atoms with Crippen molar-refractivity contribution in [2.24, 2.45) is 5.92 Å². The summed E-state index contributed by atoms with van der Waals surface area (Å²) < 4.78 is 14.4. The minimum atomic E-state index is -1.12. The van der Waals surface area contributed by atoms with E-state index < -0.39 is 18.4 Å². The molecule has 8 nitrogen and oxygen atoms in total. The second-order valence-electron chi connectivity index (χ2n) is 7.01. The van der Waals surface area contributed by atoms with Crippen LogP contribution < -0.4 is 11.1 Å². The van der Waals surface area contributed by atoms with E-state index in [9.17, 15) is 14.4 Å². The largest absolute Gasteiger partial charge is 0.511 e. The van der Waals surface area contributed by atoms with Gasteiger partial charge in [-0.3, -0.25) is 15.3 Å². The second-order valence-corrected chi connectivity index (χ2v) is 10.5. The van der Waals surface area contributed by atoms with Gasteiger partial charge in [-0.1, -0.05) is 51.9 Å². The van der Waals surface area contributed by atoms with E-state index in [0.717, 1.165) is 17.7 Å². The van der Waals surface area contributed by atoms with Crippen molar-refractivity contribution < 1.29 is 28.6 Å². The normalized spacial score (nSPS) is 13.5.